The molecule has 3 N–H and O–H groups in total. The highest BCUT2D eigenvalue weighted by Crippen LogP contribution is 2.28. The van der Waals surface area contributed by atoms with Crippen LogP contribution in [0.2, 0.25) is 10.0 Å². The molecule has 0 saturated carbocycles. The lowest BCUT2D eigenvalue weighted by Gasteiger charge is -2.14. The van der Waals surface area contributed by atoms with Gasteiger partial charge in [-0.3, -0.25) is 14.4 Å². The predicted octanol–water partition coefficient (Wildman–Crippen LogP) is 7.29. The summed E-state index contributed by atoms with van der Waals surface area (Å²) in [5, 5.41) is 11.1. The van der Waals surface area contributed by atoms with Crippen molar-refractivity contribution in [3.63, 3.8) is 0 Å². The fraction of sp³-hybridized carbons (Fsp3) is 0.103. The van der Waals surface area contributed by atoms with E-state index in [4.69, 9.17) is 23.2 Å². The number of nitrogens with zero attached hydrogens (tertiary/aromatic N) is 1. The molecule has 0 fully saturated rings. The molecule has 0 aliphatic heterocycles. The normalized spacial score (nSPS) is 11.9. The summed E-state index contributed by atoms with van der Waals surface area (Å²) >= 11 is 15.1. The lowest BCUT2D eigenvalue weighted by atomic mass is 10.1. The van der Waals surface area contributed by atoms with Crippen molar-refractivity contribution in [3.05, 3.63) is 111 Å². The number of benzene rings is 3. The van der Waals surface area contributed by atoms with Gasteiger partial charge in [0, 0.05) is 31.6 Å². The van der Waals surface area contributed by atoms with E-state index in [9.17, 15) is 14.4 Å². The Morgan fingerprint density at radius 2 is 1.75 bits per heavy atom. The van der Waals surface area contributed by atoms with Crippen LogP contribution in [0, 0.1) is 6.92 Å². The second kappa shape index (κ2) is 13.6. The summed E-state index contributed by atoms with van der Waals surface area (Å²) in [6.07, 6.45) is 1.49. The largest absolute Gasteiger partial charge is 0.321 e. The number of aromatic nitrogens is 1. The summed E-state index contributed by atoms with van der Waals surface area (Å²) in [7, 11) is 0. The van der Waals surface area contributed by atoms with Crippen LogP contribution in [0.1, 0.15) is 28.5 Å². The van der Waals surface area contributed by atoms with Gasteiger partial charge >= 0.3 is 0 Å². The summed E-state index contributed by atoms with van der Waals surface area (Å²) in [4.78, 5) is 43.9. The molecule has 204 valence electrons. The molecule has 1 atom stereocenters. The van der Waals surface area contributed by atoms with Gasteiger partial charge < -0.3 is 16.0 Å². The Kier molecular flexibility index (Phi) is 10.0. The number of hydrogen-bond acceptors (Lipinski definition) is 6. The Labute approximate surface area is 250 Å². The number of rotatable bonds is 9. The van der Waals surface area contributed by atoms with E-state index in [1.807, 2.05) is 18.4 Å². The molecule has 1 aromatic heterocycles. The van der Waals surface area contributed by atoms with E-state index in [-0.39, 0.29) is 11.6 Å². The number of carbonyl (C=O) groups is 3. The van der Waals surface area contributed by atoms with Crippen molar-refractivity contribution in [1.82, 2.24) is 10.3 Å². The maximum atomic E-state index is 13.4. The minimum Gasteiger partial charge on any atom is -0.321 e. The maximum absolute atomic E-state index is 13.4. The van der Waals surface area contributed by atoms with E-state index in [0.717, 1.165) is 10.6 Å². The number of aryl methyl sites for hydroxylation is 1. The fourth-order valence-electron chi connectivity index (χ4n) is 3.44. The zero-order valence-electron chi connectivity index (χ0n) is 21.4. The van der Waals surface area contributed by atoms with Crippen LogP contribution in [0.15, 0.2) is 88.8 Å². The van der Waals surface area contributed by atoms with Gasteiger partial charge in [-0.25, -0.2) is 4.98 Å². The first-order valence-corrected chi connectivity index (χ1v) is 14.5. The van der Waals surface area contributed by atoms with E-state index < -0.39 is 17.1 Å². The van der Waals surface area contributed by atoms with Gasteiger partial charge in [0.05, 0.1) is 10.9 Å². The molecule has 7 nitrogen and oxygen atoms in total. The lowest BCUT2D eigenvalue weighted by molar-refractivity contribution is -0.115. The maximum Gasteiger partial charge on any atom is 0.272 e. The monoisotopic (exact) mass is 610 g/mol. The van der Waals surface area contributed by atoms with Gasteiger partial charge in [0.1, 0.15) is 5.70 Å². The van der Waals surface area contributed by atoms with Crippen molar-refractivity contribution in [2.45, 2.75) is 24.0 Å². The van der Waals surface area contributed by atoms with Crippen molar-refractivity contribution in [2.24, 2.45) is 0 Å². The molecule has 1 heterocycles. The number of hydrogen-bond donors (Lipinski definition) is 3. The standard InChI is InChI=1S/C29H24Cl2N4O3S2/c1-17-16-39-29(32-17)35-26(36)18(2)40-23-10-6-9-22(15-23)33-28(38)25(13-20-11-12-21(30)14-24(20)31)34-27(37)19-7-4-3-5-8-19/h3-16,18H,1-2H3,(H,33,38)(H,34,37)(H,32,35,36)/b25-13+. The smallest absolute Gasteiger partial charge is 0.272 e. The number of anilines is 2. The number of carbonyl (C=O) groups excluding carboxylic acids is 3. The molecule has 4 rings (SSSR count). The summed E-state index contributed by atoms with van der Waals surface area (Å²) in [6.45, 7) is 3.66. The molecule has 1 unspecified atom stereocenters. The first kappa shape index (κ1) is 29.4. The molecular weight excluding hydrogens is 587 g/mol. The number of thioether (sulfide) groups is 1. The first-order valence-electron chi connectivity index (χ1n) is 12.0. The molecular formula is C29H24Cl2N4O3S2. The highest BCUT2D eigenvalue weighted by Gasteiger charge is 2.18. The Bertz CT molecular complexity index is 1570. The molecule has 0 spiro atoms. The van der Waals surface area contributed by atoms with Gasteiger partial charge in [-0.1, -0.05) is 53.5 Å². The van der Waals surface area contributed by atoms with Crippen molar-refractivity contribution in [3.8, 4) is 0 Å². The lowest BCUT2D eigenvalue weighted by Crippen LogP contribution is -2.30. The predicted molar refractivity (Wildman–Crippen MR) is 164 cm³/mol. The van der Waals surface area contributed by atoms with Gasteiger partial charge in [0.2, 0.25) is 5.91 Å². The topological polar surface area (TPSA) is 100 Å². The molecule has 4 aromatic rings. The third kappa shape index (κ3) is 8.19. The second-order valence-electron chi connectivity index (χ2n) is 8.57. The van der Waals surface area contributed by atoms with Crippen molar-refractivity contribution >= 4 is 80.9 Å². The summed E-state index contributed by atoms with van der Waals surface area (Å²) in [5.74, 6) is -1.18. The van der Waals surface area contributed by atoms with Gasteiger partial charge in [0.25, 0.3) is 11.8 Å². The Hall–Kier alpha value is -3.63. The molecule has 40 heavy (non-hydrogen) atoms. The molecule has 0 radical (unpaired) electrons. The SMILES string of the molecule is Cc1csc(NC(=O)C(C)Sc2cccc(NC(=O)/C(=C\c3ccc(Cl)cc3Cl)NC(=O)c3ccccc3)c2)n1. The molecule has 0 saturated heterocycles. The second-order valence-corrected chi connectivity index (χ2v) is 11.7. The third-order valence-corrected chi connectivity index (χ3v) is 7.95. The highest BCUT2D eigenvalue weighted by atomic mass is 35.5. The zero-order chi connectivity index (χ0) is 28.6. The van der Waals surface area contributed by atoms with E-state index >= 15 is 0 Å². The number of halogens is 2. The Morgan fingerprint density at radius 1 is 0.975 bits per heavy atom. The number of nitrogens with one attached hydrogen (secondary N) is 3. The molecule has 3 aromatic carbocycles. The van der Waals surface area contributed by atoms with Crippen LogP contribution in [0.3, 0.4) is 0 Å². The number of amides is 3. The van der Waals surface area contributed by atoms with E-state index in [1.165, 1.54) is 29.2 Å². The van der Waals surface area contributed by atoms with Gasteiger partial charge in [-0.15, -0.1) is 23.1 Å². The van der Waals surface area contributed by atoms with Crippen LogP contribution >= 0.6 is 46.3 Å². The molecule has 11 heteroatoms. The fourth-order valence-corrected chi connectivity index (χ4v) is 5.52. The average Bonchev–Trinajstić information content (AvgIpc) is 3.34. The molecule has 3 amide bonds. The van der Waals surface area contributed by atoms with Crippen LogP contribution in [-0.4, -0.2) is 28.0 Å². The molecule has 0 aliphatic rings. The van der Waals surface area contributed by atoms with Crippen molar-refractivity contribution < 1.29 is 14.4 Å². The van der Waals surface area contributed by atoms with Crippen molar-refractivity contribution in [2.75, 3.05) is 10.6 Å². The van der Waals surface area contributed by atoms with Crippen LogP contribution in [0.5, 0.6) is 0 Å². The van der Waals surface area contributed by atoms with Crippen LogP contribution in [0.4, 0.5) is 10.8 Å². The van der Waals surface area contributed by atoms with E-state index in [1.54, 1.807) is 73.7 Å². The quantitative estimate of drug-likeness (QED) is 0.136. The summed E-state index contributed by atoms with van der Waals surface area (Å²) in [5.41, 5.74) is 2.21. The first-order chi connectivity index (χ1) is 19.2. The Balaban J connectivity index is 1.50. The third-order valence-electron chi connectivity index (χ3n) is 5.41. The average molecular weight is 612 g/mol. The van der Waals surface area contributed by atoms with Gasteiger partial charge in [0.15, 0.2) is 5.13 Å². The summed E-state index contributed by atoms with van der Waals surface area (Å²) < 4.78 is 0. The minimum atomic E-state index is -0.553. The van der Waals surface area contributed by atoms with Gasteiger partial charge in [-0.2, -0.15) is 0 Å². The van der Waals surface area contributed by atoms with E-state index in [2.05, 4.69) is 20.9 Å². The summed E-state index contributed by atoms with van der Waals surface area (Å²) in [6, 6.07) is 20.5. The van der Waals surface area contributed by atoms with Crippen LogP contribution < -0.4 is 16.0 Å². The highest BCUT2D eigenvalue weighted by molar-refractivity contribution is 8.00. The van der Waals surface area contributed by atoms with Crippen LogP contribution in [-0.2, 0) is 9.59 Å². The zero-order valence-corrected chi connectivity index (χ0v) is 24.5. The molecule has 0 bridgehead atoms. The van der Waals surface area contributed by atoms with Gasteiger partial charge in [-0.05, 0) is 68.0 Å². The molecule has 0 aliphatic carbocycles. The van der Waals surface area contributed by atoms with Crippen LogP contribution in [0.25, 0.3) is 6.08 Å². The minimum absolute atomic E-state index is 0.0115. The number of thiazole rings is 1. The van der Waals surface area contributed by atoms with Crippen molar-refractivity contribution in [1.29, 1.82) is 0 Å². The Morgan fingerprint density at radius 3 is 2.45 bits per heavy atom. The van der Waals surface area contributed by atoms with E-state index in [0.29, 0.717) is 32.0 Å².